The molecule has 1 N–H and O–H groups in total. The van der Waals surface area contributed by atoms with Crippen LogP contribution in [0.25, 0.3) is 6.08 Å². The molecular formula is C19H20ClN3O3S. The summed E-state index contributed by atoms with van der Waals surface area (Å²) in [6.45, 7) is 1.22. The number of benzene rings is 2. The normalized spacial score (nSPS) is 15.8. The van der Waals surface area contributed by atoms with Gasteiger partial charge in [-0.25, -0.2) is 13.2 Å². The molecule has 0 aromatic heterocycles. The Bertz CT molecular complexity index is 907. The zero-order chi connectivity index (χ0) is 19.3. The molecule has 142 valence electrons. The first-order valence-electron chi connectivity index (χ1n) is 8.49. The van der Waals surface area contributed by atoms with Crippen LogP contribution < -0.4 is 5.32 Å². The lowest BCUT2D eigenvalue weighted by molar-refractivity contribution is 0.175. The number of amides is 2. The number of nitrogens with one attached hydrogen (secondary N) is 1. The van der Waals surface area contributed by atoms with Crippen molar-refractivity contribution in [1.82, 2.24) is 14.5 Å². The Labute approximate surface area is 164 Å². The Morgan fingerprint density at radius 2 is 1.59 bits per heavy atom. The van der Waals surface area contributed by atoms with Crippen molar-refractivity contribution in [2.75, 3.05) is 26.2 Å². The van der Waals surface area contributed by atoms with Gasteiger partial charge in [0.2, 0.25) is 10.0 Å². The summed E-state index contributed by atoms with van der Waals surface area (Å²) in [6, 6.07) is 15.3. The average molecular weight is 406 g/mol. The molecule has 0 aliphatic carbocycles. The molecule has 2 amide bonds. The van der Waals surface area contributed by atoms with E-state index < -0.39 is 10.0 Å². The molecule has 0 saturated carbocycles. The van der Waals surface area contributed by atoms with Crippen molar-refractivity contribution in [2.24, 2.45) is 0 Å². The summed E-state index contributed by atoms with van der Waals surface area (Å²) in [5, 5.41) is 3.36. The second kappa shape index (κ2) is 8.56. The highest BCUT2D eigenvalue weighted by atomic mass is 35.5. The summed E-state index contributed by atoms with van der Waals surface area (Å²) >= 11 is 5.83. The van der Waals surface area contributed by atoms with Crippen molar-refractivity contribution in [3.63, 3.8) is 0 Å². The van der Waals surface area contributed by atoms with E-state index in [1.807, 2.05) is 12.1 Å². The summed E-state index contributed by atoms with van der Waals surface area (Å²) < 4.78 is 26.6. The lowest BCUT2D eigenvalue weighted by Gasteiger charge is -2.33. The third-order valence-electron chi connectivity index (χ3n) is 4.26. The summed E-state index contributed by atoms with van der Waals surface area (Å²) in [6.07, 6.45) is 3.34. The minimum atomic E-state index is -3.52. The first kappa shape index (κ1) is 19.4. The van der Waals surface area contributed by atoms with Gasteiger partial charge in [-0.05, 0) is 35.9 Å². The molecule has 1 aliphatic rings. The quantitative estimate of drug-likeness (QED) is 0.849. The number of hydrogen-bond donors (Lipinski definition) is 1. The molecule has 1 saturated heterocycles. The van der Waals surface area contributed by atoms with Gasteiger partial charge in [0, 0.05) is 37.4 Å². The van der Waals surface area contributed by atoms with Crippen LogP contribution in [0.5, 0.6) is 0 Å². The number of urea groups is 1. The molecule has 8 heteroatoms. The predicted molar refractivity (Wildman–Crippen MR) is 106 cm³/mol. The number of halogens is 1. The molecule has 27 heavy (non-hydrogen) atoms. The van der Waals surface area contributed by atoms with E-state index in [0.29, 0.717) is 18.1 Å². The minimum absolute atomic E-state index is 0.253. The van der Waals surface area contributed by atoms with E-state index in [9.17, 15) is 13.2 Å². The van der Waals surface area contributed by atoms with Gasteiger partial charge in [0.05, 0.1) is 4.90 Å². The summed E-state index contributed by atoms with van der Waals surface area (Å²) in [7, 11) is -3.52. The number of hydrogen-bond acceptors (Lipinski definition) is 3. The third-order valence-corrected chi connectivity index (χ3v) is 6.42. The van der Waals surface area contributed by atoms with E-state index in [1.165, 1.54) is 4.31 Å². The molecule has 2 aromatic rings. The van der Waals surface area contributed by atoms with Crippen LogP contribution in [0.3, 0.4) is 0 Å². The van der Waals surface area contributed by atoms with Gasteiger partial charge in [0.1, 0.15) is 0 Å². The zero-order valence-corrected chi connectivity index (χ0v) is 16.2. The second-order valence-corrected chi connectivity index (χ2v) is 8.41. The minimum Gasteiger partial charge on any atom is -0.322 e. The Balaban J connectivity index is 1.53. The molecule has 0 unspecified atom stereocenters. The highest BCUT2D eigenvalue weighted by molar-refractivity contribution is 7.89. The van der Waals surface area contributed by atoms with Gasteiger partial charge >= 0.3 is 6.03 Å². The fourth-order valence-corrected chi connectivity index (χ4v) is 4.32. The van der Waals surface area contributed by atoms with Crippen molar-refractivity contribution >= 4 is 33.7 Å². The van der Waals surface area contributed by atoms with Crippen LogP contribution in [0.15, 0.2) is 65.7 Å². The largest absolute Gasteiger partial charge is 0.322 e. The average Bonchev–Trinajstić information content (AvgIpc) is 2.70. The maximum Gasteiger partial charge on any atom is 0.321 e. The molecule has 1 aliphatic heterocycles. The van der Waals surface area contributed by atoms with Crippen LogP contribution in [-0.4, -0.2) is 49.8 Å². The van der Waals surface area contributed by atoms with E-state index in [0.717, 1.165) is 5.56 Å². The number of carbonyl (C=O) groups is 1. The third kappa shape index (κ3) is 4.88. The predicted octanol–water partition coefficient (Wildman–Crippen LogP) is 3.03. The smallest absolute Gasteiger partial charge is 0.321 e. The van der Waals surface area contributed by atoms with Gasteiger partial charge in [-0.1, -0.05) is 41.9 Å². The lowest BCUT2D eigenvalue weighted by atomic mass is 10.2. The van der Waals surface area contributed by atoms with E-state index in [2.05, 4.69) is 5.32 Å². The number of nitrogens with zero attached hydrogens (tertiary/aromatic N) is 2. The zero-order valence-electron chi connectivity index (χ0n) is 14.6. The fraction of sp³-hybridized carbons (Fsp3) is 0.211. The van der Waals surface area contributed by atoms with Crippen molar-refractivity contribution < 1.29 is 13.2 Å². The van der Waals surface area contributed by atoms with Gasteiger partial charge in [0.15, 0.2) is 0 Å². The fourth-order valence-electron chi connectivity index (χ4n) is 2.75. The monoisotopic (exact) mass is 405 g/mol. The van der Waals surface area contributed by atoms with Gasteiger partial charge in [-0.3, -0.25) is 0 Å². The second-order valence-electron chi connectivity index (χ2n) is 6.04. The van der Waals surface area contributed by atoms with Crippen LogP contribution >= 0.6 is 11.6 Å². The van der Waals surface area contributed by atoms with Gasteiger partial charge in [0.25, 0.3) is 0 Å². The van der Waals surface area contributed by atoms with Crippen molar-refractivity contribution in [3.8, 4) is 0 Å². The number of piperazine rings is 1. The molecular weight excluding hydrogens is 386 g/mol. The van der Waals surface area contributed by atoms with E-state index >= 15 is 0 Å². The Morgan fingerprint density at radius 3 is 2.22 bits per heavy atom. The van der Waals surface area contributed by atoms with Gasteiger partial charge in [-0.2, -0.15) is 4.31 Å². The van der Waals surface area contributed by atoms with Crippen LogP contribution in [0.4, 0.5) is 4.79 Å². The Hall–Kier alpha value is -2.35. The van der Waals surface area contributed by atoms with Crippen molar-refractivity contribution in [1.29, 1.82) is 0 Å². The molecule has 0 atom stereocenters. The van der Waals surface area contributed by atoms with Gasteiger partial charge in [-0.15, -0.1) is 0 Å². The van der Waals surface area contributed by atoms with Crippen molar-refractivity contribution in [2.45, 2.75) is 4.90 Å². The van der Waals surface area contributed by atoms with Crippen LogP contribution in [0, 0.1) is 0 Å². The van der Waals surface area contributed by atoms with Crippen molar-refractivity contribution in [3.05, 3.63) is 71.4 Å². The highest BCUT2D eigenvalue weighted by Gasteiger charge is 2.29. The number of rotatable bonds is 4. The maximum absolute atomic E-state index is 12.6. The number of sulfonamides is 1. The Kier molecular flexibility index (Phi) is 6.15. The molecule has 1 heterocycles. The topological polar surface area (TPSA) is 69.7 Å². The molecule has 2 aromatic carbocycles. The molecule has 0 bridgehead atoms. The molecule has 6 nitrogen and oxygen atoms in total. The van der Waals surface area contributed by atoms with Crippen LogP contribution in [0.2, 0.25) is 5.02 Å². The molecule has 0 spiro atoms. The Morgan fingerprint density at radius 1 is 0.963 bits per heavy atom. The first-order chi connectivity index (χ1) is 13.0. The summed E-state index contributed by atoms with van der Waals surface area (Å²) in [5.74, 6) is 0. The maximum atomic E-state index is 12.6. The molecule has 1 fully saturated rings. The first-order valence-corrected chi connectivity index (χ1v) is 10.3. The summed E-state index contributed by atoms with van der Waals surface area (Å²) in [4.78, 5) is 14.1. The summed E-state index contributed by atoms with van der Waals surface area (Å²) in [5.41, 5.74) is 0.915. The van der Waals surface area contributed by atoms with E-state index in [4.69, 9.17) is 11.6 Å². The number of carbonyl (C=O) groups excluding carboxylic acids is 1. The lowest BCUT2D eigenvalue weighted by Crippen LogP contribution is -2.52. The van der Waals surface area contributed by atoms with Crippen LogP contribution in [-0.2, 0) is 10.0 Å². The standard InChI is InChI=1S/C19H20ClN3O3S/c20-17-8-6-16(7-9-17)10-11-21-19(24)22-12-14-23(15-13-22)27(25,26)18-4-2-1-3-5-18/h1-11H,12-15H2,(H,21,24)/b11-10+. The highest BCUT2D eigenvalue weighted by Crippen LogP contribution is 2.17. The SMILES string of the molecule is O=C(N/C=C/c1ccc(Cl)cc1)N1CCN(S(=O)(=O)c2ccccc2)CC1. The molecule has 0 radical (unpaired) electrons. The molecule has 3 rings (SSSR count). The van der Waals surface area contributed by atoms with E-state index in [1.54, 1.807) is 59.6 Å². The van der Waals surface area contributed by atoms with Gasteiger partial charge < -0.3 is 10.2 Å². The van der Waals surface area contributed by atoms with E-state index in [-0.39, 0.29) is 24.0 Å². The van der Waals surface area contributed by atoms with Crippen LogP contribution in [0.1, 0.15) is 5.56 Å².